The van der Waals surface area contributed by atoms with E-state index in [2.05, 4.69) is 5.32 Å². The number of benzene rings is 2. The maximum absolute atomic E-state index is 12.7. The predicted molar refractivity (Wildman–Crippen MR) is 90.7 cm³/mol. The van der Waals surface area contributed by atoms with Gasteiger partial charge >= 0.3 is 6.03 Å². The number of nitrogens with zero attached hydrogens (tertiary/aromatic N) is 2. The molecule has 0 bridgehead atoms. The highest BCUT2D eigenvalue weighted by molar-refractivity contribution is 6.07. The molecule has 1 aliphatic rings. The molecule has 1 fully saturated rings. The van der Waals surface area contributed by atoms with Gasteiger partial charge in [-0.1, -0.05) is 30.3 Å². The lowest BCUT2D eigenvalue weighted by Crippen LogP contribution is -2.41. The summed E-state index contributed by atoms with van der Waals surface area (Å²) in [6.07, 6.45) is 0. The molecule has 0 spiro atoms. The molecule has 0 radical (unpaired) electrons. The molecular formula is C19H17N3O3. The van der Waals surface area contributed by atoms with E-state index in [4.69, 9.17) is 10.00 Å². The molecule has 1 atom stereocenters. The van der Waals surface area contributed by atoms with Crippen molar-refractivity contribution in [1.82, 2.24) is 10.2 Å². The van der Waals surface area contributed by atoms with Crippen molar-refractivity contribution in [2.45, 2.75) is 12.5 Å². The van der Waals surface area contributed by atoms with E-state index < -0.39 is 11.6 Å². The number of ether oxygens (including phenoxy) is 1. The van der Waals surface area contributed by atoms with Crippen LogP contribution in [0.1, 0.15) is 18.1 Å². The Morgan fingerprint density at radius 1 is 1.12 bits per heavy atom. The maximum Gasteiger partial charge on any atom is 0.325 e. The number of urea groups is 1. The molecule has 1 N–H and O–H groups in total. The second-order valence-corrected chi connectivity index (χ2v) is 5.86. The smallest absolute Gasteiger partial charge is 0.325 e. The zero-order chi connectivity index (χ0) is 17.9. The first-order valence-corrected chi connectivity index (χ1v) is 7.87. The number of nitrogens with one attached hydrogen (secondary N) is 1. The summed E-state index contributed by atoms with van der Waals surface area (Å²) in [7, 11) is 0. The molecule has 1 saturated heterocycles. The number of nitriles is 1. The van der Waals surface area contributed by atoms with Crippen LogP contribution >= 0.6 is 0 Å². The van der Waals surface area contributed by atoms with Crippen LogP contribution in [0.5, 0.6) is 5.75 Å². The lowest BCUT2D eigenvalue weighted by molar-refractivity contribution is -0.131. The topological polar surface area (TPSA) is 82.4 Å². The van der Waals surface area contributed by atoms with Crippen LogP contribution in [0.3, 0.4) is 0 Å². The molecule has 3 rings (SSSR count). The van der Waals surface area contributed by atoms with Crippen molar-refractivity contribution in [3.05, 3.63) is 65.7 Å². The zero-order valence-corrected chi connectivity index (χ0v) is 13.7. The summed E-state index contributed by atoms with van der Waals surface area (Å²) in [4.78, 5) is 26.1. The van der Waals surface area contributed by atoms with Crippen LogP contribution < -0.4 is 10.1 Å². The van der Waals surface area contributed by atoms with Crippen molar-refractivity contribution in [1.29, 1.82) is 5.26 Å². The van der Waals surface area contributed by atoms with Crippen LogP contribution in [-0.2, 0) is 10.3 Å². The number of hydrogen-bond acceptors (Lipinski definition) is 4. The number of rotatable bonds is 5. The monoisotopic (exact) mass is 335 g/mol. The predicted octanol–water partition coefficient (Wildman–Crippen LogP) is 2.40. The van der Waals surface area contributed by atoms with Gasteiger partial charge in [-0.15, -0.1) is 0 Å². The largest absolute Gasteiger partial charge is 0.492 e. The first-order valence-electron chi connectivity index (χ1n) is 7.87. The third-order valence-electron chi connectivity index (χ3n) is 4.19. The van der Waals surface area contributed by atoms with Gasteiger partial charge in [0.25, 0.3) is 5.91 Å². The van der Waals surface area contributed by atoms with Crippen molar-refractivity contribution >= 4 is 11.9 Å². The molecule has 0 aliphatic carbocycles. The first kappa shape index (κ1) is 16.5. The average Bonchev–Trinajstić information content (AvgIpc) is 2.87. The van der Waals surface area contributed by atoms with Crippen LogP contribution in [0.15, 0.2) is 54.6 Å². The van der Waals surface area contributed by atoms with Gasteiger partial charge in [0.15, 0.2) is 0 Å². The molecule has 6 heteroatoms. The molecule has 25 heavy (non-hydrogen) atoms. The summed E-state index contributed by atoms with van der Waals surface area (Å²) in [6.45, 7) is 2.02. The van der Waals surface area contributed by atoms with Gasteiger partial charge in [0.1, 0.15) is 17.9 Å². The molecule has 6 nitrogen and oxygen atoms in total. The van der Waals surface area contributed by atoms with Gasteiger partial charge in [-0.2, -0.15) is 5.26 Å². The zero-order valence-electron chi connectivity index (χ0n) is 13.7. The number of carbonyl (C=O) groups excluding carboxylic acids is 2. The Hall–Kier alpha value is -3.33. The van der Waals surface area contributed by atoms with E-state index in [-0.39, 0.29) is 19.1 Å². The molecular weight excluding hydrogens is 318 g/mol. The Balaban J connectivity index is 1.64. The SMILES string of the molecule is CC1(c2ccccc2)NC(=O)N(CCOc2ccc(C#N)cc2)C1=O. The van der Waals surface area contributed by atoms with Crippen molar-refractivity contribution in [2.24, 2.45) is 0 Å². The Kier molecular flexibility index (Phi) is 4.40. The average molecular weight is 335 g/mol. The molecule has 0 aromatic heterocycles. The molecule has 2 aromatic rings. The quantitative estimate of drug-likeness (QED) is 0.851. The number of hydrogen-bond donors (Lipinski definition) is 1. The Morgan fingerprint density at radius 2 is 1.80 bits per heavy atom. The fourth-order valence-corrected chi connectivity index (χ4v) is 2.75. The van der Waals surface area contributed by atoms with Gasteiger partial charge in [-0.05, 0) is 36.8 Å². The van der Waals surface area contributed by atoms with E-state index in [9.17, 15) is 9.59 Å². The van der Waals surface area contributed by atoms with Gasteiger partial charge in [0, 0.05) is 0 Å². The van der Waals surface area contributed by atoms with Crippen molar-refractivity contribution in [2.75, 3.05) is 13.2 Å². The number of imide groups is 1. The Morgan fingerprint density at radius 3 is 2.44 bits per heavy atom. The van der Waals surface area contributed by atoms with Crippen LogP contribution in [0.25, 0.3) is 0 Å². The highest BCUT2D eigenvalue weighted by Crippen LogP contribution is 2.28. The summed E-state index contributed by atoms with van der Waals surface area (Å²) in [5.74, 6) is 0.281. The van der Waals surface area contributed by atoms with Crippen molar-refractivity contribution in [3.8, 4) is 11.8 Å². The number of amides is 3. The molecule has 126 valence electrons. The van der Waals surface area contributed by atoms with Crippen LogP contribution in [0.2, 0.25) is 0 Å². The van der Waals surface area contributed by atoms with Gasteiger partial charge in [-0.3, -0.25) is 9.69 Å². The lowest BCUT2D eigenvalue weighted by Gasteiger charge is -2.22. The second kappa shape index (κ2) is 6.65. The third kappa shape index (κ3) is 3.17. The minimum absolute atomic E-state index is 0.146. The van der Waals surface area contributed by atoms with Gasteiger partial charge in [0.05, 0.1) is 18.2 Å². The number of carbonyl (C=O) groups is 2. The standard InChI is InChI=1S/C19H17N3O3/c1-19(15-5-3-2-4-6-15)17(23)22(18(24)21-19)11-12-25-16-9-7-14(13-20)8-10-16/h2-10H,11-12H2,1H3,(H,21,24). The highest BCUT2D eigenvalue weighted by atomic mass is 16.5. The van der Waals surface area contributed by atoms with E-state index in [1.165, 1.54) is 0 Å². The fraction of sp³-hybridized carbons (Fsp3) is 0.211. The van der Waals surface area contributed by atoms with Crippen LogP contribution in [-0.4, -0.2) is 30.0 Å². The molecule has 1 aliphatic heterocycles. The van der Waals surface area contributed by atoms with E-state index in [1.807, 2.05) is 36.4 Å². The second-order valence-electron chi connectivity index (χ2n) is 5.86. The minimum atomic E-state index is -1.06. The first-order chi connectivity index (χ1) is 12.0. The van der Waals surface area contributed by atoms with E-state index in [0.29, 0.717) is 11.3 Å². The summed E-state index contributed by atoms with van der Waals surface area (Å²) in [5, 5.41) is 11.5. The summed E-state index contributed by atoms with van der Waals surface area (Å²) in [6, 6.07) is 17.4. The lowest BCUT2D eigenvalue weighted by atomic mass is 9.92. The summed E-state index contributed by atoms with van der Waals surface area (Å²) in [5.41, 5.74) is 0.219. The summed E-state index contributed by atoms with van der Waals surface area (Å²) < 4.78 is 5.55. The van der Waals surface area contributed by atoms with Gasteiger partial charge in [-0.25, -0.2) is 4.79 Å². The normalized spacial score (nSPS) is 19.4. The Labute approximate surface area is 145 Å². The highest BCUT2D eigenvalue weighted by Gasteiger charge is 2.48. The Bertz CT molecular complexity index is 827. The van der Waals surface area contributed by atoms with E-state index >= 15 is 0 Å². The van der Waals surface area contributed by atoms with Crippen LogP contribution in [0, 0.1) is 11.3 Å². The third-order valence-corrected chi connectivity index (χ3v) is 4.19. The van der Waals surface area contributed by atoms with Crippen LogP contribution in [0.4, 0.5) is 4.79 Å². The van der Waals surface area contributed by atoms with Gasteiger partial charge in [0.2, 0.25) is 0 Å². The maximum atomic E-state index is 12.7. The molecule has 1 unspecified atom stereocenters. The van der Waals surface area contributed by atoms with Crippen molar-refractivity contribution < 1.29 is 14.3 Å². The molecule has 3 amide bonds. The molecule has 1 heterocycles. The summed E-state index contributed by atoms with van der Waals surface area (Å²) >= 11 is 0. The molecule has 2 aromatic carbocycles. The molecule has 0 saturated carbocycles. The van der Waals surface area contributed by atoms with E-state index in [0.717, 1.165) is 10.5 Å². The van der Waals surface area contributed by atoms with E-state index in [1.54, 1.807) is 31.2 Å². The fourth-order valence-electron chi connectivity index (χ4n) is 2.75. The minimum Gasteiger partial charge on any atom is -0.492 e. The van der Waals surface area contributed by atoms with Crippen molar-refractivity contribution in [3.63, 3.8) is 0 Å². The van der Waals surface area contributed by atoms with Gasteiger partial charge < -0.3 is 10.1 Å².